The van der Waals surface area contributed by atoms with Crippen molar-refractivity contribution >= 4 is 23.4 Å². The van der Waals surface area contributed by atoms with Crippen LogP contribution in [0.15, 0.2) is 12.1 Å². The van der Waals surface area contributed by atoms with Gasteiger partial charge in [0.05, 0.1) is 0 Å². The van der Waals surface area contributed by atoms with E-state index in [0.717, 1.165) is 6.54 Å². The molecule has 1 aromatic heterocycles. The van der Waals surface area contributed by atoms with Crippen LogP contribution >= 0.6 is 11.6 Å². The number of anilines is 1. The normalized spacial score (nSPS) is 14.9. The van der Waals surface area contributed by atoms with E-state index < -0.39 is 5.97 Å². The molecule has 1 aliphatic carbocycles. The molecule has 0 atom stereocenters. The van der Waals surface area contributed by atoms with Gasteiger partial charge in [-0.25, -0.2) is 9.78 Å². The molecule has 0 bridgehead atoms. The van der Waals surface area contributed by atoms with E-state index in [2.05, 4.69) is 4.98 Å². The van der Waals surface area contributed by atoms with Crippen molar-refractivity contribution in [1.29, 1.82) is 0 Å². The number of rotatable bonds is 5. The second-order valence-corrected chi connectivity index (χ2v) is 5.39. The van der Waals surface area contributed by atoms with Crippen molar-refractivity contribution in [3.8, 4) is 0 Å². The molecule has 1 heterocycles. The Balaban J connectivity index is 2.37. The highest BCUT2D eigenvalue weighted by Crippen LogP contribution is 2.33. The number of carbonyl (C=O) groups is 1. The molecular weight excluding hydrogens is 252 g/mol. The van der Waals surface area contributed by atoms with Gasteiger partial charge in [-0.05, 0) is 44.7 Å². The smallest absolute Gasteiger partial charge is 0.339 e. The van der Waals surface area contributed by atoms with Crippen LogP contribution in [0, 0.1) is 5.92 Å². The van der Waals surface area contributed by atoms with Crippen LogP contribution in [-0.4, -0.2) is 28.6 Å². The summed E-state index contributed by atoms with van der Waals surface area (Å²) in [7, 11) is 0. The summed E-state index contributed by atoms with van der Waals surface area (Å²) in [6.07, 6.45) is 2.43. The summed E-state index contributed by atoms with van der Waals surface area (Å²) in [5, 5.41) is 9.56. The van der Waals surface area contributed by atoms with Crippen LogP contribution in [0.25, 0.3) is 0 Å². The minimum Gasteiger partial charge on any atom is -0.478 e. The van der Waals surface area contributed by atoms with Crippen molar-refractivity contribution in [3.63, 3.8) is 0 Å². The van der Waals surface area contributed by atoms with Gasteiger partial charge in [-0.1, -0.05) is 11.6 Å². The minimum absolute atomic E-state index is 0.203. The van der Waals surface area contributed by atoms with Gasteiger partial charge in [-0.15, -0.1) is 0 Å². The van der Waals surface area contributed by atoms with Crippen LogP contribution in [0.3, 0.4) is 0 Å². The van der Waals surface area contributed by atoms with E-state index in [-0.39, 0.29) is 11.6 Å². The van der Waals surface area contributed by atoms with Crippen molar-refractivity contribution in [2.45, 2.75) is 32.7 Å². The van der Waals surface area contributed by atoms with Crippen LogP contribution in [-0.2, 0) is 0 Å². The lowest BCUT2D eigenvalue weighted by molar-refractivity contribution is 0.0697. The monoisotopic (exact) mass is 268 g/mol. The molecule has 98 valence electrons. The van der Waals surface area contributed by atoms with Gasteiger partial charge in [0, 0.05) is 12.6 Å². The van der Waals surface area contributed by atoms with Gasteiger partial charge in [0.15, 0.2) is 0 Å². The number of carboxylic acid groups (broad SMARTS) is 1. The summed E-state index contributed by atoms with van der Waals surface area (Å²) >= 11 is 5.89. The molecule has 5 heteroatoms. The number of halogens is 1. The summed E-state index contributed by atoms with van der Waals surface area (Å²) in [5.41, 5.74) is 0.216. The second-order valence-electron chi connectivity index (χ2n) is 5.00. The molecule has 1 fully saturated rings. The molecule has 0 aromatic carbocycles. The van der Waals surface area contributed by atoms with Crippen molar-refractivity contribution in [3.05, 3.63) is 22.8 Å². The summed E-state index contributed by atoms with van der Waals surface area (Å²) < 4.78 is 0. The van der Waals surface area contributed by atoms with E-state index in [1.54, 1.807) is 0 Å². The van der Waals surface area contributed by atoms with Gasteiger partial charge < -0.3 is 10.0 Å². The molecule has 1 N–H and O–H groups in total. The zero-order valence-electron chi connectivity index (χ0n) is 10.6. The number of pyridine rings is 1. The number of carboxylic acids is 1. The minimum atomic E-state index is -0.962. The topological polar surface area (TPSA) is 53.4 Å². The Kier molecular flexibility index (Phi) is 3.76. The first-order chi connectivity index (χ1) is 8.49. The molecule has 1 saturated carbocycles. The highest BCUT2D eigenvalue weighted by atomic mass is 35.5. The Morgan fingerprint density at radius 3 is 2.72 bits per heavy atom. The number of aromatic nitrogens is 1. The third-order valence-corrected chi connectivity index (χ3v) is 3.33. The first-order valence-electron chi connectivity index (χ1n) is 6.15. The van der Waals surface area contributed by atoms with Gasteiger partial charge >= 0.3 is 5.97 Å². The van der Waals surface area contributed by atoms with E-state index in [0.29, 0.717) is 16.9 Å². The first kappa shape index (κ1) is 13.1. The first-order valence-corrected chi connectivity index (χ1v) is 6.53. The third kappa shape index (κ3) is 2.93. The molecule has 0 unspecified atom stereocenters. The largest absolute Gasteiger partial charge is 0.478 e. The van der Waals surface area contributed by atoms with Gasteiger partial charge in [-0.2, -0.15) is 0 Å². The van der Waals surface area contributed by atoms with Gasteiger partial charge in [-0.3, -0.25) is 0 Å². The summed E-state index contributed by atoms with van der Waals surface area (Å²) in [4.78, 5) is 17.5. The molecule has 0 saturated heterocycles. The van der Waals surface area contributed by atoms with E-state index >= 15 is 0 Å². The maximum absolute atomic E-state index is 11.3. The standard InChI is InChI=1S/C13H17ClN2O2/c1-8(2)16(7-9-3-4-9)12-10(13(17)18)5-6-11(14)15-12/h5-6,8-9H,3-4,7H2,1-2H3,(H,17,18). The number of nitrogens with zero attached hydrogens (tertiary/aromatic N) is 2. The molecular formula is C13H17ClN2O2. The van der Waals surface area contributed by atoms with Crippen LogP contribution in [0.1, 0.15) is 37.0 Å². The maximum Gasteiger partial charge on any atom is 0.339 e. The molecule has 18 heavy (non-hydrogen) atoms. The maximum atomic E-state index is 11.3. The Morgan fingerprint density at radius 1 is 1.56 bits per heavy atom. The predicted octanol–water partition coefficient (Wildman–Crippen LogP) is 3.06. The van der Waals surface area contributed by atoms with Crippen molar-refractivity contribution in [1.82, 2.24) is 4.98 Å². The summed E-state index contributed by atoms with van der Waals surface area (Å²) in [6, 6.07) is 3.24. The highest BCUT2D eigenvalue weighted by Gasteiger charge is 2.28. The lowest BCUT2D eigenvalue weighted by Crippen LogP contribution is -2.34. The van der Waals surface area contributed by atoms with Crippen LogP contribution in [0.4, 0.5) is 5.82 Å². The quantitative estimate of drug-likeness (QED) is 0.834. The van der Waals surface area contributed by atoms with Gasteiger partial charge in [0.25, 0.3) is 0 Å². The average molecular weight is 269 g/mol. The summed E-state index contributed by atoms with van der Waals surface area (Å²) in [5.74, 6) is 0.183. The molecule has 0 radical (unpaired) electrons. The Labute approximate surface area is 112 Å². The molecule has 0 amide bonds. The van der Waals surface area contributed by atoms with E-state index in [1.165, 1.54) is 25.0 Å². The van der Waals surface area contributed by atoms with E-state index in [4.69, 9.17) is 11.6 Å². The highest BCUT2D eigenvalue weighted by molar-refractivity contribution is 6.29. The van der Waals surface area contributed by atoms with E-state index in [9.17, 15) is 9.90 Å². The Morgan fingerprint density at radius 2 is 2.22 bits per heavy atom. The van der Waals surface area contributed by atoms with Crippen molar-refractivity contribution in [2.24, 2.45) is 5.92 Å². The predicted molar refractivity (Wildman–Crippen MR) is 71.4 cm³/mol. The van der Waals surface area contributed by atoms with Crippen molar-refractivity contribution < 1.29 is 9.90 Å². The fraction of sp³-hybridized carbons (Fsp3) is 0.538. The average Bonchev–Trinajstić information content (AvgIpc) is 3.08. The number of hydrogen-bond acceptors (Lipinski definition) is 3. The molecule has 4 nitrogen and oxygen atoms in total. The number of hydrogen-bond donors (Lipinski definition) is 1. The molecule has 0 aliphatic heterocycles. The lowest BCUT2D eigenvalue weighted by atomic mass is 10.2. The second kappa shape index (κ2) is 5.14. The Hall–Kier alpha value is -1.29. The van der Waals surface area contributed by atoms with Gasteiger partial charge in [0.2, 0.25) is 0 Å². The molecule has 1 aliphatic rings. The van der Waals surface area contributed by atoms with Crippen LogP contribution in [0.5, 0.6) is 0 Å². The molecule has 1 aromatic rings. The van der Waals surface area contributed by atoms with Crippen LogP contribution < -0.4 is 4.90 Å². The van der Waals surface area contributed by atoms with Crippen LogP contribution in [0.2, 0.25) is 5.15 Å². The number of aromatic carboxylic acids is 1. The van der Waals surface area contributed by atoms with Crippen molar-refractivity contribution in [2.75, 3.05) is 11.4 Å². The van der Waals surface area contributed by atoms with E-state index in [1.807, 2.05) is 18.7 Å². The lowest BCUT2D eigenvalue weighted by Gasteiger charge is -2.29. The fourth-order valence-electron chi connectivity index (χ4n) is 1.93. The summed E-state index contributed by atoms with van der Waals surface area (Å²) in [6.45, 7) is 4.93. The Bertz CT molecular complexity index is 458. The zero-order chi connectivity index (χ0) is 13.3. The molecule has 2 rings (SSSR count). The fourth-order valence-corrected chi connectivity index (χ4v) is 2.07. The zero-order valence-corrected chi connectivity index (χ0v) is 11.3. The SMILES string of the molecule is CC(C)N(CC1CC1)c1nc(Cl)ccc1C(=O)O. The van der Waals surface area contributed by atoms with Gasteiger partial charge in [0.1, 0.15) is 16.5 Å². The third-order valence-electron chi connectivity index (χ3n) is 3.12. The molecule has 0 spiro atoms.